The molecule has 2 aromatic heterocycles. The molecule has 9 aromatic rings. The van der Waals surface area contributed by atoms with Gasteiger partial charge < -0.3 is 4.57 Å². The summed E-state index contributed by atoms with van der Waals surface area (Å²) >= 11 is 1.92. The van der Waals surface area contributed by atoms with Gasteiger partial charge >= 0.3 is 0 Å². The Bertz CT molecular complexity index is 2500. The molecule has 0 aliphatic heterocycles. The fourth-order valence-corrected chi connectivity index (χ4v) is 8.42. The number of fused-ring (bicyclic) bond motifs is 4. The van der Waals surface area contributed by atoms with Gasteiger partial charge in [0, 0.05) is 48.1 Å². The van der Waals surface area contributed by atoms with E-state index in [0.717, 1.165) is 0 Å². The molecule has 0 saturated carbocycles. The molecule has 1 nitrogen and oxygen atoms in total. The summed E-state index contributed by atoms with van der Waals surface area (Å²) in [6, 6.07) is 63.7. The van der Waals surface area contributed by atoms with E-state index in [2.05, 4.69) is 180 Å². The molecule has 9 rings (SSSR count). The predicted molar refractivity (Wildman–Crippen MR) is 198 cm³/mol. The third-order valence-corrected chi connectivity index (χ3v) is 10.3. The largest absolute Gasteiger partial charge is 0.309 e. The van der Waals surface area contributed by atoms with Crippen LogP contribution in [0.2, 0.25) is 0 Å². The number of nitrogens with zero attached hydrogens (tertiary/aromatic N) is 1. The predicted octanol–water partition coefficient (Wildman–Crippen LogP) is 12.7. The Morgan fingerprint density at radius 1 is 0.348 bits per heavy atom. The summed E-state index contributed by atoms with van der Waals surface area (Å²) in [5.41, 5.74) is 11.1. The summed E-state index contributed by atoms with van der Waals surface area (Å²) in [6.07, 6.45) is 0. The molecule has 0 bridgehead atoms. The minimum Gasteiger partial charge on any atom is -0.309 e. The second-order valence-corrected chi connectivity index (χ2v) is 12.7. The Hall–Kier alpha value is -5.70. The van der Waals surface area contributed by atoms with Gasteiger partial charge in [0.15, 0.2) is 0 Å². The second kappa shape index (κ2) is 11.0. The van der Waals surface area contributed by atoms with Crippen LogP contribution in [-0.2, 0) is 0 Å². The number of thiophene rings is 1. The summed E-state index contributed by atoms with van der Waals surface area (Å²) < 4.78 is 2.42. The van der Waals surface area contributed by atoms with Crippen molar-refractivity contribution in [2.24, 2.45) is 0 Å². The lowest BCUT2D eigenvalue weighted by molar-refractivity contribution is 1.18. The van der Waals surface area contributed by atoms with Crippen LogP contribution in [0.3, 0.4) is 0 Å². The van der Waals surface area contributed by atoms with Crippen LogP contribution in [0.4, 0.5) is 0 Å². The normalized spacial score (nSPS) is 11.5. The first-order valence-electron chi connectivity index (χ1n) is 15.7. The first-order chi connectivity index (χ1) is 22.9. The van der Waals surface area contributed by atoms with Crippen LogP contribution >= 0.6 is 11.3 Å². The lowest BCUT2D eigenvalue weighted by Gasteiger charge is -2.13. The first-order valence-corrected chi connectivity index (χ1v) is 16.5. The smallest absolute Gasteiger partial charge is 0.0548 e. The van der Waals surface area contributed by atoms with Crippen molar-refractivity contribution in [3.8, 4) is 48.8 Å². The van der Waals surface area contributed by atoms with Crippen LogP contribution in [0, 0.1) is 0 Å². The monoisotopic (exact) mass is 603 g/mol. The van der Waals surface area contributed by atoms with E-state index in [0.29, 0.717) is 0 Å². The van der Waals surface area contributed by atoms with E-state index in [9.17, 15) is 0 Å². The Kier molecular flexibility index (Phi) is 6.40. The fourth-order valence-electron chi connectivity index (χ4n) is 7.04. The average Bonchev–Trinajstić information content (AvgIpc) is 3.69. The number of hydrogen-bond acceptors (Lipinski definition) is 1. The second-order valence-electron chi connectivity index (χ2n) is 11.7. The van der Waals surface area contributed by atoms with Crippen molar-refractivity contribution in [1.29, 1.82) is 0 Å². The number of benzene rings is 7. The lowest BCUT2D eigenvalue weighted by Crippen LogP contribution is -1.93. The van der Waals surface area contributed by atoms with Crippen molar-refractivity contribution in [2.75, 3.05) is 0 Å². The Morgan fingerprint density at radius 3 is 1.57 bits per heavy atom. The van der Waals surface area contributed by atoms with Crippen LogP contribution < -0.4 is 0 Å². The van der Waals surface area contributed by atoms with E-state index in [1.165, 1.54) is 81.4 Å². The highest BCUT2D eigenvalue weighted by Gasteiger charge is 2.24. The van der Waals surface area contributed by atoms with Crippen molar-refractivity contribution >= 4 is 43.9 Å². The minimum absolute atomic E-state index is 1.17. The summed E-state index contributed by atoms with van der Waals surface area (Å²) in [5.74, 6) is 0. The molecule has 0 atom stereocenters. The van der Waals surface area contributed by atoms with Gasteiger partial charge in [-0.1, -0.05) is 152 Å². The molecule has 0 radical (unpaired) electrons. The van der Waals surface area contributed by atoms with E-state index < -0.39 is 0 Å². The highest BCUT2D eigenvalue weighted by Crippen LogP contribution is 2.52. The van der Waals surface area contributed by atoms with Crippen molar-refractivity contribution in [3.63, 3.8) is 0 Å². The van der Waals surface area contributed by atoms with Crippen LogP contribution in [0.25, 0.3) is 81.4 Å². The SMILES string of the molecule is c1ccc(-c2ccccc2-c2sc(-c3c(-c4ccccc4)ccc4c3c3ccccc3n4-c3ccccc3)c3ccccc23)cc1. The zero-order chi connectivity index (χ0) is 30.5. The third kappa shape index (κ3) is 4.23. The maximum absolute atomic E-state index is 2.42. The number of rotatable bonds is 5. The Labute approximate surface area is 272 Å². The third-order valence-electron chi connectivity index (χ3n) is 9.04. The molecule has 7 aromatic carbocycles. The molecule has 0 saturated heterocycles. The summed E-state index contributed by atoms with van der Waals surface area (Å²) in [5, 5.41) is 5.12. The number of para-hydroxylation sites is 2. The van der Waals surface area contributed by atoms with Crippen molar-refractivity contribution < 1.29 is 0 Å². The van der Waals surface area contributed by atoms with Crippen LogP contribution in [-0.4, -0.2) is 4.57 Å². The summed E-state index contributed by atoms with van der Waals surface area (Å²) in [6.45, 7) is 0. The van der Waals surface area contributed by atoms with Gasteiger partial charge in [0.25, 0.3) is 0 Å². The van der Waals surface area contributed by atoms with Gasteiger partial charge in [-0.05, 0) is 46.5 Å². The van der Waals surface area contributed by atoms with Gasteiger partial charge in [-0.15, -0.1) is 11.3 Å². The maximum atomic E-state index is 2.42. The van der Waals surface area contributed by atoms with Gasteiger partial charge in [0.1, 0.15) is 0 Å². The Morgan fingerprint density at radius 2 is 0.870 bits per heavy atom. The van der Waals surface area contributed by atoms with Crippen molar-refractivity contribution in [2.45, 2.75) is 0 Å². The molecule has 0 N–H and O–H groups in total. The van der Waals surface area contributed by atoms with E-state index in [1.807, 2.05) is 11.3 Å². The van der Waals surface area contributed by atoms with Gasteiger partial charge in [-0.2, -0.15) is 0 Å². The Balaban J connectivity index is 1.42. The van der Waals surface area contributed by atoms with Gasteiger partial charge in [0.2, 0.25) is 0 Å². The zero-order valence-electron chi connectivity index (χ0n) is 25.1. The van der Waals surface area contributed by atoms with Crippen LogP contribution in [0.5, 0.6) is 0 Å². The van der Waals surface area contributed by atoms with Crippen LogP contribution in [0.1, 0.15) is 0 Å². The molecule has 0 aliphatic carbocycles. The molecular weight excluding hydrogens is 575 g/mol. The van der Waals surface area contributed by atoms with Gasteiger partial charge in [-0.3, -0.25) is 0 Å². The highest BCUT2D eigenvalue weighted by atomic mass is 32.1. The summed E-state index contributed by atoms with van der Waals surface area (Å²) in [7, 11) is 0. The van der Waals surface area contributed by atoms with E-state index in [1.54, 1.807) is 0 Å². The molecule has 216 valence electrons. The fraction of sp³-hybridized carbons (Fsp3) is 0. The zero-order valence-corrected chi connectivity index (χ0v) is 25.9. The van der Waals surface area contributed by atoms with Crippen molar-refractivity contribution in [3.05, 3.63) is 176 Å². The quantitative estimate of drug-likeness (QED) is 0.184. The highest BCUT2D eigenvalue weighted by molar-refractivity contribution is 7.21. The molecule has 0 fully saturated rings. The van der Waals surface area contributed by atoms with Crippen LogP contribution in [0.15, 0.2) is 176 Å². The molecule has 0 aliphatic rings. The maximum Gasteiger partial charge on any atom is 0.0548 e. The summed E-state index contributed by atoms with van der Waals surface area (Å²) in [4.78, 5) is 2.60. The minimum atomic E-state index is 1.17. The van der Waals surface area contributed by atoms with E-state index >= 15 is 0 Å². The topological polar surface area (TPSA) is 4.93 Å². The number of hydrogen-bond donors (Lipinski definition) is 0. The standard InChI is InChI=1S/C44H29NS/c1-4-16-30(17-5-1)33-22-10-11-23-35(33)43-36-24-12-13-25-37(36)44(46-43)42-34(31-18-6-2-7-19-31)28-29-40-41(42)38-26-14-15-27-39(38)45(40)32-20-8-3-9-21-32/h1-29H. The molecule has 46 heavy (non-hydrogen) atoms. The molecule has 0 spiro atoms. The van der Waals surface area contributed by atoms with Gasteiger partial charge in [-0.25, -0.2) is 0 Å². The van der Waals surface area contributed by atoms with E-state index in [4.69, 9.17) is 0 Å². The first kappa shape index (κ1) is 26.7. The molecule has 0 unspecified atom stereocenters. The average molecular weight is 604 g/mol. The number of aromatic nitrogens is 1. The lowest BCUT2D eigenvalue weighted by atomic mass is 9.92. The van der Waals surface area contributed by atoms with Crippen molar-refractivity contribution in [1.82, 2.24) is 4.57 Å². The molecule has 0 amide bonds. The van der Waals surface area contributed by atoms with E-state index in [-0.39, 0.29) is 0 Å². The molecule has 2 heterocycles. The molecular formula is C44H29NS. The molecule has 2 heteroatoms. The van der Waals surface area contributed by atoms with Gasteiger partial charge in [0.05, 0.1) is 11.0 Å².